The van der Waals surface area contributed by atoms with Crippen LogP contribution in [0.2, 0.25) is 18.0 Å². The van der Waals surface area contributed by atoms with Crippen molar-refractivity contribution in [2.24, 2.45) is 0 Å². The van der Waals surface area contributed by atoms with Crippen LogP contribution in [0.15, 0.2) is 31.4 Å². The Kier molecular flexibility index (Phi) is 4.64. The van der Waals surface area contributed by atoms with Gasteiger partial charge in [0.05, 0.1) is 6.54 Å². The highest BCUT2D eigenvalue weighted by atomic mass is 15.1. The lowest BCUT2D eigenvalue weighted by Crippen LogP contribution is -2.36. The molecule has 2 fully saturated rings. The van der Waals surface area contributed by atoms with E-state index in [-0.39, 0.29) is 0 Å². The third-order valence-electron chi connectivity index (χ3n) is 5.55. The van der Waals surface area contributed by atoms with Gasteiger partial charge in [0.15, 0.2) is 0 Å². The minimum absolute atomic E-state index is 0.916. The minimum Gasteiger partial charge on any atom is -0.237 e. The summed E-state index contributed by atoms with van der Waals surface area (Å²) in [4.78, 5) is 0. The van der Waals surface area contributed by atoms with Crippen LogP contribution in [-0.4, -0.2) is 11.3 Å². The topological polar surface area (TPSA) is 8.81 Å². The first-order valence-electron chi connectivity index (χ1n) is 8.52. The summed E-state index contributed by atoms with van der Waals surface area (Å²) in [7, 11) is 0. The van der Waals surface area contributed by atoms with Gasteiger partial charge < -0.3 is 0 Å². The summed E-state index contributed by atoms with van der Waals surface area (Å²) in [5.74, 6) is 2.13. The molecule has 3 heteroatoms. The molecule has 3 rings (SSSR count). The van der Waals surface area contributed by atoms with E-state index in [0.29, 0.717) is 0 Å². The highest BCUT2D eigenvalue weighted by Gasteiger charge is 2.38. The van der Waals surface area contributed by atoms with Gasteiger partial charge in [-0.2, -0.15) is 0 Å². The zero-order valence-electron chi connectivity index (χ0n) is 12.7. The van der Waals surface area contributed by atoms with Gasteiger partial charge in [-0.1, -0.05) is 69.1 Å². The standard InChI is InChI=1S/C17H28BN2/c1-2-11-19-13-14-20(15-19)12-5-10-18-16-6-3-7-17(18)9-4-8-16/h2,13-17H,1,3-12H2/q+1. The Balaban J connectivity index is 1.47. The van der Waals surface area contributed by atoms with Crippen molar-refractivity contribution in [1.29, 1.82) is 0 Å². The van der Waals surface area contributed by atoms with Crippen molar-refractivity contribution in [3.05, 3.63) is 31.4 Å². The van der Waals surface area contributed by atoms with E-state index in [4.69, 9.17) is 0 Å². The van der Waals surface area contributed by atoms with Crippen molar-refractivity contribution in [3.8, 4) is 0 Å². The Hall–Kier alpha value is -0.985. The number of fused-ring (bicyclic) bond motifs is 2. The molecular formula is C17H28BN2+. The fourth-order valence-corrected chi connectivity index (χ4v) is 4.62. The Morgan fingerprint density at radius 1 is 1.20 bits per heavy atom. The number of aromatic nitrogens is 2. The summed E-state index contributed by atoms with van der Waals surface area (Å²) < 4.78 is 4.53. The van der Waals surface area contributed by atoms with Gasteiger partial charge in [-0.3, -0.25) is 0 Å². The van der Waals surface area contributed by atoms with Gasteiger partial charge in [0, 0.05) is 0 Å². The molecule has 2 aliphatic heterocycles. The Bertz CT molecular complexity index is 418. The van der Waals surface area contributed by atoms with Crippen LogP contribution in [0.4, 0.5) is 0 Å². The second-order valence-corrected chi connectivity index (χ2v) is 6.82. The van der Waals surface area contributed by atoms with Crippen molar-refractivity contribution in [3.63, 3.8) is 0 Å². The lowest BCUT2D eigenvalue weighted by Gasteiger charge is -2.40. The van der Waals surface area contributed by atoms with Crippen molar-refractivity contribution in [2.45, 2.75) is 76.0 Å². The van der Waals surface area contributed by atoms with E-state index >= 15 is 0 Å². The molecule has 0 N–H and O–H groups in total. The average molecular weight is 271 g/mol. The summed E-state index contributed by atoms with van der Waals surface area (Å²) in [6, 6.07) is 0. The van der Waals surface area contributed by atoms with Crippen LogP contribution in [-0.2, 0) is 13.1 Å². The first-order valence-corrected chi connectivity index (χ1v) is 8.52. The largest absolute Gasteiger partial charge is 0.244 e. The number of allylic oxidation sites excluding steroid dienone is 1. The van der Waals surface area contributed by atoms with Gasteiger partial charge in [-0.15, -0.1) is 0 Å². The molecule has 0 saturated carbocycles. The predicted molar refractivity (Wildman–Crippen MR) is 85.2 cm³/mol. The van der Waals surface area contributed by atoms with E-state index < -0.39 is 0 Å². The van der Waals surface area contributed by atoms with E-state index in [9.17, 15) is 0 Å². The van der Waals surface area contributed by atoms with Gasteiger partial charge >= 0.3 is 0 Å². The van der Waals surface area contributed by atoms with Gasteiger partial charge in [0.25, 0.3) is 0 Å². The lowest BCUT2D eigenvalue weighted by atomic mass is 9.26. The first kappa shape index (κ1) is 14.0. The molecule has 0 amide bonds. The van der Waals surface area contributed by atoms with Gasteiger partial charge in [0.1, 0.15) is 25.7 Å². The molecule has 0 atom stereocenters. The fraction of sp³-hybridized carbons (Fsp3) is 0.706. The number of rotatable bonds is 6. The second-order valence-electron chi connectivity index (χ2n) is 6.82. The average Bonchev–Trinajstić information content (AvgIpc) is 2.86. The van der Waals surface area contributed by atoms with Crippen LogP contribution >= 0.6 is 0 Å². The van der Waals surface area contributed by atoms with Crippen molar-refractivity contribution < 1.29 is 4.57 Å². The monoisotopic (exact) mass is 271 g/mol. The normalized spacial score (nSPS) is 25.7. The van der Waals surface area contributed by atoms with Crippen LogP contribution in [0.25, 0.3) is 0 Å². The predicted octanol–water partition coefficient (Wildman–Crippen LogP) is 3.95. The van der Waals surface area contributed by atoms with Crippen LogP contribution in [0, 0.1) is 0 Å². The number of aryl methyl sites for hydroxylation is 1. The number of nitrogens with zero attached hydrogens (tertiary/aromatic N) is 2. The molecule has 1 aromatic heterocycles. The van der Waals surface area contributed by atoms with Crippen LogP contribution < -0.4 is 4.57 Å². The summed E-state index contributed by atoms with van der Waals surface area (Å²) in [5.41, 5.74) is 0. The number of hydrogen-bond acceptors (Lipinski definition) is 0. The zero-order chi connectivity index (χ0) is 13.8. The Labute approximate surface area is 124 Å². The molecule has 2 nitrogen and oxygen atoms in total. The first-order chi connectivity index (χ1) is 9.86. The summed E-state index contributed by atoms with van der Waals surface area (Å²) in [6.45, 7) is 6.94. The summed E-state index contributed by atoms with van der Waals surface area (Å²) >= 11 is 0. The van der Waals surface area contributed by atoms with Crippen LogP contribution in [0.1, 0.15) is 44.9 Å². The maximum absolute atomic E-state index is 3.79. The van der Waals surface area contributed by atoms with Crippen molar-refractivity contribution in [1.82, 2.24) is 4.57 Å². The quantitative estimate of drug-likeness (QED) is 0.421. The summed E-state index contributed by atoms with van der Waals surface area (Å²) in [6.07, 6.45) is 20.4. The van der Waals surface area contributed by atoms with E-state index in [2.05, 4.69) is 34.4 Å². The molecule has 0 unspecified atom stereocenters. The third kappa shape index (κ3) is 3.19. The molecule has 2 aliphatic rings. The van der Waals surface area contributed by atoms with Crippen molar-refractivity contribution in [2.75, 3.05) is 0 Å². The smallest absolute Gasteiger partial charge is 0.237 e. The molecule has 0 spiro atoms. The zero-order valence-corrected chi connectivity index (χ0v) is 12.7. The lowest BCUT2D eigenvalue weighted by molar-refractivity contribution is -0.696. The van der Waals surface area contributed by atoms with Gasteiger partial charge in [0.2, 0.25) is 6.33 Å². The second kappa shape index (κ2) is 6.65. The SMILES string of the molecule is C=CCn1cc[n+](CCCB2C3CCCC2CCC3)c1. The van der Waals surface area contributed by atoms with E-state index in [1.807, 2.05) is 6.08 Å². The highest BCUT2D eigenvalue weighted by molar-refractivity contribution is 6.62. The molecular weight excluding hydrogens is 243 g/mol. The van der Waals surface area contributed by atoms with E-state index in [1.165, 1.54) is 57.8 Å². The molecule has 1 aromatic rings. The van der Waals surface area contributed by atoms with Crippen LogP contribution in [0.5, 0.6) is 0 Å². The fourth-order valence-electron chi connectivity index (χ4n) is 4.62. The molecule has 0 aromatic carbocycles. The number of imidazole rings is 1. The highest BCUT2D eigenvalue weighted by Crippen LogP contribution is 2.47. The molecule has 0 radical (unpaired) electrons. The Morgan fingerprint density at radius 3 is 2.55 bits per heavy atom. The molecule has 3 heterocycles. The molecule has 0 aliphatic carbocycles. The molecule has 2 saturated heterocycles. The van der Waals surface area contributed by atoms with E-state index in [1.54, 1.807) is 0 Å². The molecule has 20 heavy (non-hydrogen) atoms. The van der Waals surface area contributed by atoms with E-state index in [0.717, 1.165) is 24.9 Å². The maximum Gasteiger partial charge on any atom is 0.244 e. The molecule has 108 valence electrons. The van der Waals surface area contributed by atoms with Gasteiger partial charge in [-0.05, 0) is 6.42 Å². The van der Waals surface area contributed by atoms with Crippen LogP contribution in [0.3, 0.4) is 0 Å². The molecule has 2 bridgehead atoms. The van der Waals surface area contributed by atoms with Gasteiger partial charge in [-0.25, -0.2) is 9.13 Å². The Morgan fingerprint density at radius 2 is 1.90 bits per heavy atom. The maximum atomic E-state index is 3.79. The third-order valence-corrected chi connectivity index (χ3v) is 5.55. The minimum atomic E-state index is 0.916. The summed E-state index contributed by atoms with van der Waals surface area (Å²) in [5, 5.41) is 0. The van der Waals surface area contributed by atoms with Crippen molar-refractivity contribution >= 4 is 6.71 Å². The number of hydrogen-bond donors (Lipinski definition) is 0.